The number of hydrogen-bond acceptors (Lipinski definition) is 4. The van der Waals surface area contributed by atoms with Crippen molar-refractivity contribution in [2.24, 2.45) is 11.8 Å². The van der Waals surface area contributed by atoms with Crippen molar-refractivity contribution in [1.29, 1.82) is 0 Å². The van der Waals surface area contributed by atoms with Crippen LogP contribution in [0.2, 0.25) is 0 Å². The van der Waals surface area contributed by atoms with E-state index in [9.17, 15) is 0 Å². The Labute approximate surface area is 156 Å². The van der Waals surface area contributed by atoms with Gasteiger partial charge in [-0.15, -0.1) is 0 Å². The second kappa shape index (κ2) is 8.01. The first-order chi connectivity index (χ1) is 12.8. The highest BCUT2D eigenvalue weighted by Gasteiger charge is 2.51. The maximum Gasteiger partial charge on any atom is 0.160 e. The van der Waals surface area contributed by atoms with E-state index in [1.807, 2.05) is 0 Å². The average molecular weight is 357 g/mol. The molecule has 3 aliphatic rings. The minimum absolute atomic E-state index is 0.557. The number of fused-ring (bicyclic) bond motifs is 1. The topological polar surface area (TPSA) is 39.7 Å². The third-order valence-electron chi connectivity index (χ3n) is 6.52. The van der Waals surface area contributed by atoms with Crippen LogP contribution in [-0.2, 0) is 4.74 Å². The van der Waals surface area contributed by atoms with E-state index >= 15 is 0 Å². The first-order valence-corrected chi connectivity index (χ1v) is 10.0. The Bertz CT molecular complexity index is 657. The van der Waals surface area contributed by atoms with E-state index in [-0.39, 0.29) is 0 Å². The van der Waals surface area contributed by atoms with Crippen LogP contribution in [-0.4, -0.2) is 40.0 Å². The van der Waals surface area contributed by atoms with Gasteiger partial charge in [-0.3, -0.25) is 0 Å². The van der Waals surface area contributed by atoms with Gasteiger partial charge >= 0.3 is 0 Å². The van der Waals surface area contributed by atoms with Gasteiger partial charge in [0, 0.05) is 18.5 Å². The summed E-state index contributed by atoms with van der Waals surface area (Å²) in [4.78, 5) is 0. The molecule has 0 spiro atoms. The van der Waals surface area contributed by atoms with Gasteiger partial charge in [0.2, 0.25) is 0 Å². The summed E-state index contributed by atoms with van der Waals surface area (Å²) in [6.07, 6.45) is 8.86. The Hall–Kier alpha value is -1.52. The third kappa shape index (κ3) is 3.37. The lowest BCUT2D eigenvalue weighted by molar-refractivity contribution is 0.0270. The Morgan fingerprint density at radius 3 is 2.62 bits per heavy atom. The summed E-state index contributed by atoms with van der Waals surface area (Å²) in [7, 11) is 3.42. The van der Waals surface area contributed by atoms with Crippen LogP contribution in [0.15, 0.2) is 29.8 Å². The standard InChI is InChI=1S/C22H31NO3/c1-24-19-10-9-16(12-20(19)25-2)21-17-7-3-4-8-18(17)22(21)23-13-15-6-5-11-26-14-15/h6,9-10,12,17-18,21-23H,3-5,7-8,11,13-14H2,1-2H3/t17-,18-,21-,22-/m0/s1. The van der Waals surface area contributed by atoms with Crippen LogP contribution >= 0.6 is 0 Å². The molecule has 4 heteroatoms. The summed E-state index contributed by atoms with van der Waals surface area (Å²) in [6.45, 7) is 2.61. The Morgan fingerprint density at radius 2 is 1.88 bits per heavy atom. The van der Waals surface area contributed by atoms with E-state index in [0.29, 0.717) is 12.0 Å². The number of rotatable bonds is 6. The lowest BCUT2D eigenvalue weighted by Crippen LogP contribution is -2.58. The molecule has 2 saturated carbocycles. The van der Waals surface area contributed by atoms with Gasteiger partial charge in [0.05, 0.1) is 27.4 Å². The summed E-state index contributed by atoms with van der Waals surface area (Å²) in [6, 6.07) is 7.03. The van der Waals surface area contributed by atoms with Gasteiger partial charge in [-0.05, 0) is 54.4 Å². The zero-order valence-corrected chi connectivity index (χ0v) is 16.0. The maximum atomic E-state index is 5.60. The Balaban J connectivity index is 1.52. The van der Waals surface area contributed by atoms with Crippen molar-refractivity contribution in [3.05, 3.63) is 35.4 Å². The molecule has 0 aromatic heterocycles. The predicted molar refractivity (Wildman–Crippen MR) is 103 cm³/mol. The number of ether oxygens (including phenoxy) is 3. The highest BCUT2D eigenvalue weighted by molar-refractivity contribution is 5.45. The van der Waals surface area contributed by atoms with E-state index in [2.05, 4.69) is 29.6 Å². The van der Waals surface area contributed by atoms with E-state index in [1.165, 1.54) is 36.8 Å². The molecule has 1 heterocycles. The molecule has 1 aromatic carbocycles. The Kier molecular flexibility index (Phi) is 5.51. The van der Waals surface area contributed by atoms with E-state index < -0.39 is 0 Å². The second-order valence-electron chi connectivity index (χ2n) is 7.86. The van der Waals surface area contributed by atoms with Crippen LogP contribution in [0.3, 0.4) is 0 Å². The van der Waals surface area contributed by atoms with Crippen LogP contribution in [0.1, 0.15) is 43.6 Å². The number of benzene rings is 1. The molecule has 142 valence electrons. The monoisotopic (exact) mass is 357 g/mol. The predicted octanol–water partition coefficient (Wildman–Crippen LogP) is 3.91. The molecule has 2 aliphatic carbocycles. The van der Waals surface area contributed by atoms with E-state index in [4.69, 9.17) is 14.2 Å². The van der Waals surface area contributed by atoms with Crippen molar-refractivity contribution in [1.82, 2.24) is 5.32 Å². The molecule has 1 aromatic rings. The summed E-state index contributed by atoms with van der Waals surface area (Å²) in [5.41, 5.74) is 2.79. The van der Waals surface area contributed by atoms with Crippen LogP contribution in [0.4, 0.5) is 0 Å². The molecule has 0 saturated heterocycles. The van der Waals surface area contributed by atoms with Gasteiger partial charge < -0.3 is 19.5 Å². The van der Waals surface area contributed by atoms with Gasteiger partial charge in [-0.1, -0.05) is 25.0 Å². The van der Waals surface area contributed by atoms with Crippen molar-refractivity contribution in [3.8, 4) is 11.5 Å². The number of methoxy groups -OCH3 is 2. The minimum Gasteiger partial charge on any atom is -0.493 e. The lowest BCUT2D eigenvalue weighted by atomic mass is 9.53. The van der Waals surface area contributed by atoms with Gasteiger partial charge in [-0.25, -0.2) is 0 Å². The Morgan fingerprint density at radius 1 is 1.08 bits per heavy atom. The van der Waals surface area contributed by atoms with Crippen molar-refractivity contribution < 1.29 is 14.2 Å². The summed E-state index contributed by atoms with van der Waals surface area (Å²) in [5, 5.41) is 3.88. The van der Waals surface area contributed by atoms with Crippen LogP contribution in [0, 0.1) is 11.8 Å². The highest BCUT2D eigenvalue weighted by atomic mass is 16.5. The number of nitrogens with one attached hydrogen (secondary N) is 1. The molecule has 2 fully saturated rings. The van der Waals surface area contributed by atoms with Crippen molar-refractivity contribution in [2.45, 2.75) is 44.1 Å². The molecule has 4 atom stereocenters. The molecule has 0 amide bonds. The SMILES string of the molecule is COc1ccc([C@H]2[C@H]3CCCC[C@@H]3[C@@H]2NCC2=CCCOC2)cc1OC. The first kappa shape index (κ1) is 17.9. The average Bonchev–Trinajstić information content (AvgIpc) is 2.69. The molecule has 1 N–H and O–H groups in total. The molecular formula is C22H31NO3. The fourth-order valence-electron chi connectivity index (χ4n) is 5.24. The molecule has 0 unspecified atom stereocenters. The smallest absolute Gasteiger partial charge is 0.160 e. The summed E-state index contributed by atoms with van der Waals surface area (Å²) < 4.78 is 16.6. The van der Waals surface area contributed by atoms with Crippen LogP contribution in [0.5, 0.6) is 11.5 Å². The second-order valence-corrected chi connectivity index (χ2v) is 7.86. The molecule has 26 heavy (non-hydrogen) atoms. The largest absolute Gasteiger partial charge is 0.493 e. The fraction of sp³-hybridized carbons (Fsp3) is 0.636. The molecule has 0 bridgehead atoms. The molecular weight excluding hydrogens is 326 g/mol. The fourth-order valence-corrected chi connectivity index (χ4v) is 5.24. The lowest BCUT2D eigenvalue weighted by Gasteiger charge is -2.55. The highest BCUT2D eigenvalue weighted by Crippen LogP contribution is 2.55. The summed E-state index contributed by atoms with van der Waals surface area (Å²) in [5.74, 6) is 3.84. The number of hydrogen-bond donors (Lipinski definition) is 1. The molecule has 0 radical (unpaired) electrons. The minimum atomic E-state index is 0.557. The maximum absolute atomic E-state index is 5.60. The summed E-state index contributed by atoms with van der Waals surface area (Å²) >= 11 is 0. The molecule has 4 rings (SSSR count). The van der Waals surface area contributed by atoms with Crippen LogP contribution < -0.4 is 14.8 Å². The van der Waals surface area contributed by atoms with Gasteiger partial charge in [0.1, 0.15) is 0 Å². The van der Waals surface area contributed by atoms with Crippen molar-refractivity contribution >= 4 is 0 Å². The first-order valence-electron chi connectivity index (χ1n) is 10.0. The zero-order valence-electron chi connectivity index (χ0n) is 16.0. The third-order valence-corrected chi connectivity index (χ3v) is 6.52. The molecule has 4 nitrogen and oxygen atoms in total. The van der Waals surface area contributed by atoms with Gasteiger partial charge in [0.15, 0.2) is 11.5 Å². The van der Waals surface area contributed by atoms with E-state index in [1.54, 1.807) is 14.2 Å². The van der Waals surface area contributed by atoms with Crippen molar-refractivity contribution in [2.75, 3.05) is 34.0 Å². The zero-order chi connectivity index (χ0) is 17.9. The van der Waals surface area contributed by atoms with Gasteiger partial charge in [-0.2, -0.15) is 0 Å². The van der Waals surface area contributed by atoms with Gasteiger partial charge in [0.25, 0.3) is 0 Å². The molecule has 1 aliphatic heterocycles. The quantitative estimate of drug-likeness (QED) is 0.784. The van der Waals surface area contributed by atoms with E-state index in [0.717, 1.165) is 49.5 Å². The van der Waals surface area contributed by atoms with Crippen LogP contribution in [0.25, 0.3) is 0 Å². The normalized spacial score (nSPS) is 30.8. The van der Waals surface area contributed by atoms with Crippen molar-refractivity contribution in [3.63, 3.8) is 0 Å².